The number of nitrogens with one attached hydrogen (secondary N) is 1. The number of amides is 2. The molecule has 26 heavy (non-hydrogen) atoms. The normalized spacial score (nSPS) is 10.8. The van der Waals surface area contributed by atoms with Crippen molar-refractivity contribution >= 4 is 28.5 Å². The van der Waals surface area contributed by atoms with Crippen LogP contribution in [-0.4, -0.2) is 37.1 Å². The molecule has 0 spiro atoms. The van der Waals surface area contributed by atoms with Crippen LogP contribution >= 0.6 is 0 Å². The number of carbonyl (C=O) groups excluding carboxylic acids is 1. The number of para-hydroxylation sites is 1. The zero-order valence-corrected chi connectivity index (χ0v) is 15.6. The third-order valence-corrected chi connectivity index (χ3v) is 4.30. The molecule has 1 N–H and O–H groups in total. The second-order valence-electron chi connectivity index (χ2n) is 6.44. The molecule has 136 valence electrons. The van der Waals surface area contributed by atoms with Crippen molar-refractivity contribution in [2.24, 2.45) is 0 Å². The predicted octanol–water partition coefficient (Wildman–Crippen LogP) is 4.12. The predicted molar refractivity (Wildman–Crippen MR) is 105 cm³/mol. The molecule has 3 rings (SSSR count). The van der Waals surface area contributed by atoms with E-state index in [9.17, 15) is 4.79 Å². The Hall–Kier alpha value is -3.02. The van der Waals surface area contributed by atoms with Crippen LogP contribution in [0.4, 0.5) is 16.3 Å². The fourth-order valence-corrected chi connectivity index (χ4v) is 2.86. The number of rotatable bonds is 5. The van der Waals surface area contributed by atoms with Crippen molar-refractivity contribution in [2.45, 2.75) is 19.9 Å². The number of hydrogen-bond acceptors (Lipinski definition) is 4. The molecule has 0 fully saturated rings. The summed E-state index contributed by atoms with van der Waals surface area (Å²) in [7, 11) is 5.63. The lowest BCUT2D eigenvalue weighted by atomic mass is 10.1. The van der Waals surface area contributed by atoms with Crippen LogP contribution in [-0.2, 0) is 13.0 Å². The topological polar surface area (TPSA) is 61.6 Å². The van der Waals surface area contributed by atoms with Crippen molar-refractivity contribution in [3.8, 4) is 0 Å². The van der Waals surface area contributed by atoms with Gasteiger partial charge in [0.05, 0.1) is 18.4 Å². The summed E-state index contributed by atoms with van der Waals surface area (Å²) in [6.45, 7) is 2.54. The van der Waals surface area contributed by atoms with Crippen LogP contribution in [0.25, 0.3) is 11.0 Å². The highest BCUT2D eigenvalue weighted by molar-refractivity contribution is 5.89. The number of carbonyl (C=O) groups is 1. The Morgan fingerprint density at radius 3 is 2.58 bits per heavy atom. The lowest BCUT2D eigenvalue weighted by molar-refractivity contribution is 0.220. The fraction of sp³-hybridized carbons (Fsp3) is 0.300. The summed E-state index contributed by atoms with van der Waals surface area (Å²) in [5.41, 5.74) is 2.58. The average molecular weight is 352 g/mol. The molecule has 0 saturated carbocycles. The smallest absolute Gasteiger partial charge is 0.321 e. The second-order valence-corrected chi connectivity index (χ2v) is 6.44. The van der Waals surface area contributed by atoms with Crippen LogP contribution in [0.5, 0.6) is 0 Å². The highest BCUT2D eigenvalue weighted by Gasteiger charge is 2.17. The Labute approximate surface area is 153 Å². The molecule has 0 aliphatic heterocycles. The van der Waals surface area contributed by atoms with Gasteiger partial charge in [-0.2, -0.15) is 0 Å². The maximum atomic E-state index is 12.5. The third-order valence-electron chi connectivity index (χ3n) is 4.30. The average Bonchev–Trinajstić information content (AvgIpc) is 3.00. The molecule has 3 aromatic rings. The van der Waals surface area contributed by atoms with Gasteiger partial charge in [0, 0.05) is 38.5 Å². The molecular weight excluding hydrogens is 328 g/mol. The standard InChI is InChI=1S/C20H24N4O2/c1-5-17-16(15-8-6-7-9-18(15)26-17)13-24(4)20(25)22-14-10-11-19(21-12-14)23(2)3/h6-12H,5,13H2,1-4H3,(H,22,25). The van der Waals surface area contributed by atoms with Crippen molar-refractivity contribution in [1.29, 1.82) is 0 Å². The number of hydrogen-bond donors (Lipinski definition) is 1. The molecule has 0 atom stereocenters. The van der Waals surface area contributed by atoms with Crippen LogP contribution in [0.3, 0.4) is 0 Å². The van der Waals surface area contributed by atoms with Gasteiger partial charge in [0.15, 0.2) is 0 Å². The molecule has 0 bridgehead atoms. The van der Waals surface area contributed by atoms with E-state index in [0.717, 1.165) is 34.5 Å². The quantitative estimate of drug-likeness (QED) is 0.750. The zero-order chi connectivity index (χ0) is 18.7. The minimum absolute atomic E-state index is 0.184. The van der Waals surface area contributed by atoms with Crippen LogP contribution in [0.15, 0.2) is 47.0 Å². The summed E-state index contributed by atoms with van der Waals surface area (Å²) in [5.74, 6) is 1.76. The molecule has 0 saturated heterocycles. The first-order valence-corrected chi connectivity index (χ1v) is 8.64. The van der Waals surface area contributed by atoms with E-state index < -0.39 is 0 Å². The highest BCUT2D eigenvalue weighted by atomic mass is 16.3. The first-order valence-electron chi connectivity index (χ1n) is 8.64. The number of anilines is 2. The van der Waals surface area contributed by atoms with Crippen LogP contribution in [0.2, 0.25) is 0 Å². The second kappa shape index (κ2) is 7.47. The summed E-state index contributed by atoms with van der Waals surface area (Å²) >= 11 is 0. The summed E-state index contributed by atoms with van der Waals surface area (Å²) in [6.07, 6.45) is 2.45. The van der Waals surface area contributed by atoms with E-state index in [1.54, 1.807) is 18.1 Å². The molecule has 6 nitrogen and oxygen atoms in total. The molecule has 2 amide bonds. The van der Waals surface area contributed by atoms with Gasteiger partial charge in [-0.1, -0.05) is 25.1 Å². The number of furan rings is 1. The van der Waals surface area contributed by atoms with E-state index in [-0.39, 0.29) is 6.03 Å². The molecule has 0 radical (unpaired) electrons. The van der Waals surface area contributed by atoms with Crippen LogP contribution < -0.4 is 10.2 Å². The van der Waals surface area contributed by atoms with Crippen LogP contribution in [0, 0.1) is 0 Å². The molecule has 2 heterocycles. The van der Waals surface area contributed by atoms with Gasteiger partial charge in [0.25, 0.3) is 0 Å². The molecule has 2 aromatic heterocycles. The Morgan fingerprint density at radius 2 is 1.92 bits per heavy atom. The highest BCUT2D eigenvalue weighted by Crippen LogP contribution is 2.27. The van der Waals surface area contributed by atoms with Gasteiger partial charge in [-0.25, -0.2) is 9.78 Å². The van der Waals surface area contributed by atoms with Crippen molar-refractivity contribution in [1.82, 2.24) is 9.88 Å². The van der Waals surface area contributed by atoms with Gasteiger partial charge < -0.3 is 19.5 Å². The number of nitrogens with zero attached hydrogens (tertiary/aromatic N) is 3. The van der Waals surface area contributed by atoms with Gasteiger partial charge in [-0.3, -0.25) is 0 Å². The lowest BCUT2D eigenvalue weighted by Gasteiger charge is -2.18. The Bertz CT molecular complexity index is 900. The maximum Gasteiger partial charge on any atom is 0.321 e. The van der Waals surface area contributed by atoms with Crippen molar-refractivity contribution in [3.63, 3.8) is 0 Å². The van der Waals surface area contributed by atoms with E-state index in [4.69, 9.17) is 4.42 Å². The molecule has 6 heteroatoms. The summed E-state index contributed by atoms with van der Waals surface area (Å²) in [4.78, 5) is 20.4. The van der Waals surface area contributed by atoms with E-state index in [0.29, 0.717) is 12.2 Å². The lowest BCUT2D eigenvalue weighted by Crippen LogP contribution is -2.31. The largest absolute Gasteiger partial charge is 0.461 e. The number of urea groups is 1. The minimum Gasteiger partial charge on any atom is -0.461 e. The van der Waals surface area contributed by atoms with E-state index >= 15 is 0 Å². The fourth-order valence-electron chi connectivity index (χ4n) is 2.86. The molecular formula is C20H24N4O2. The van der Waals surface area contributed by atoms with Crippen molar-refractivity contribution < 1.29 is 9.21 Å². The Balaban J connectivity index is 1.73. The Kier molecular flexibility index (Phi) is 5.11. The molecule has 1 aromatic carbocycles. The summed E-state index contributed by atoms with van der Waals surface area (Å²) < 4.78 is 5.91. The summed E-state index contributed by atoms with van der Waals surface area (Å²) in [5, 5.41) is 3.94. The van der Waals surface area contributed by atoms with E-state index in [2.05, 4.69) is 17.2 Å². The molecule has 0 aliphatic carbocycles. The number of aromatic nitrogens is 1. The van der Waals surface area contributed by atoms with Gasteiger partial charge >= 0.3 is 6.03 Å². The van der Waals surface area contributed by atoms with Gasteiger partial charge in [-0.15, -0.1) is 0 Å². The number of pyridine rings is 1. The monoisotopic (exact) mass is 352 g/mol. The molecule has 0 aliphatic rings. The first kappa shape index (κ1) is 17.8. The molecule has 0 unspecified atom stereocenters. The van der Waals surface area contributed by atoms with E-state index in [1.165, 1.54) is 0 Å². The number of aryl methyl sites for hydroxylation is 1. The number of fused-ring (bicyclic) bond motifs is 1. The van der Waals surface area contributed by atoms with Gasteiger partial charge in [0.2, 0.25) is 0 Å². The van der Waals surface area contributed by atoms with E-state index in [1.807, 2.05) is 55.4 Å². The first-order chi connectivity index (χ1) is 12.5. The zero-order valence-electron chi connectivity index (χ0n) is 15.6. The SMILES string of the molecule is CCc1oc2ccccc2c1CN(C)C(=O)Nc1ccc(N(C)C)nc1. The van der Waals surface area contributed by atoms with Crippen molar-refractivity contribution in [3.05, 3.63) is 53.9 Å². The third kappa shape index (κ3) is 3.64. The Morgan fingerprint density at radius 1 is 1.15 bits per heavy atom. The van der Waals surface area contributed by atoms with Gasteiger partial charge in [0.1, 0.15) is 17.2 Å². The maximum absolute atomic E-state index is 12.5. The number of benzene rings is 1. The minimum atomic E-state index is -0.184. The van der Waals surface area contributed by atoms with Crippen molar-refractivity contribution in [2.75, 3.05) is 31.4 Å². The van der Waals surface area contributed by atoms with Crippen LogP contribution in [0.1, 0.15) is 18.2 Å². The summed E-state index contributed by atoms with van der Waals surface area (Å²) in [6, 6.07) is 11.5. The van der Waals surface area contributed by atoms with Gasteiger partial charge in [-0.05, 0) is 18.2 Å².